The Bertz CT molecular complexity index is 259. The molecule has 0 aromatic rings. The van der Waals surface area contributed by atoms with E-state index in [0.717, 1.165) is 25.5 Å². The maximum absolute atomic E-state index is 4.34. The van der Waals surface area contributed by atoms with Crippen molar-refractivity contribution in [2.75, 3.05) is 20.1 Å². The third kappa shape index (κ3) is 2.63. The fourth-order valence-corrected chi connectivity index (χ4v) is 1.93. The van der Waals surface area contributed by atoms with Crippen molar-refractivity contribution in [3.8, 4) is 0 Å². The smallest absolute Gasteiger partial charge is 0.194 e. The average molecular weight is 339 g/mol. The lowest BCUT2D eigenvalue weighted by atomic mass is 9.65. The van der Waals surface area contributed by atoms with Gasteiger partial charge in [0.25, 0.3) is 0 Å². The van der Waals surface area contributed by atoms with Gasteiger partial charge in [-0.25, -0.2) is 0 Å². The summed E-state index contributed by atoms with van der Waals surface area (Å²) in [6.07, 6.45) is 1.14. The first-order chi connectivity index (χ1) is 6.86. The first-order valence-electron chi connectivity index (χ1n) is 5.85. The van der Waals surface area contributed by atoms with Gasteiger partial charge >= 0.3 is 0 Å². The standard InChI is InChI=1S/C12H25N3.HI/c1-7-8-14-10(13-6)15-9-11(2,3)12(15,4)5;/h7-9H2,1-6H3,(H,13,14);1H. The highest BCUT2D eigenvalue weighted by Gasteiger charge is 2.53. The van der Waals surface area contributed by atoms with Gasteiger partial charge in [-0.1, -0.05) is 20.8 Å². The van der Waals surface area contributed by atoms with Gasteiger partial charge in [-0.3, -0.25) is 4.99 Å². The molecule has 96 valence electrons. The molecule has 0 atom stereocenters. The quantitative estimate of drug-likeness (QED) is 0.476. The van der Waals surface area contributed by atoms with E-state index in [4.69, 9.17) is 0 Å². The van der Waals surface area contributed by atoms with Gasteiger partial charge in [0.1, 0.15) is 0 Å². The van der Waals surface area contributed by atoms with Crippen LogP contribution in [0.3, 0.4) is 0 Å². The number of rotatable bonds is 2. The zero-order valence-corrected chi connectivity index (χ0v) is 13.8. The van der Waals surface area contributed by atoms with Crippen LogP contribution in [-0.4, -0.2) is 36.5 Å². The van der Waals surface area contributed by atoms with Crippen molar-refractivity contribution in [3.63, 3.8) is 0 Å². The number of aliphatic imine (C=N–C) groups is 1. The van der Waals surface area contributed by atoms with Crippen LogP contribution in [0.1, 0.15) is 41.0 Å². The first kappa shape index (κ1) is 16.0. The molecule has 4 heteroatoms. The van der Waals surface area contributed by atoms with Gasteiger partial charge in [0.2, 0.25) is 0 Å². The summed E-state index contributed by atoms with van der Waals surface area (Å²) in [6.45, 7) is 13.5. The largest absolute Gasteiger partial charge is 0.356 e. The summed E-state index contributed by atoms with van der Waals surface area (Å²) in [5.74, 6) is 1.04. The molecule has 0 saturated carbocycles. The van der Waals surface area contributed by atoms with Crippen molar-refractivity contribution in [2.45, 2.75) is 46.6 Å². The minimum absolute atomic E-state index is 0. The molecule has 0 unspecified atom stereocenters. The molecule has 1 saturated heterocycles. The fourth-order valence-electron chi connectivity index (χ4n) is 1.93. The Morgan fingerprint density at radius 3 is 2.19 bits per heavy atom. The molecule has 3 nitrogen and oxygen atoms in total. The topological polar surface area (TPSA) is 27.6 Å². The van der Waals surface area contributed by atoms with Crippen LogP contribution in [0.4, 0.5) is 0 Å². The van der Waals surface area contributed by atoms with Gasteiger partial charge < -0.3 is 10.2 Å². The van der Waals surface area contributed by atoms with Crippen molar-refractivity contribution >= 4 is 29.9 Å². The van der Waals surface area contributed by atoms with Crippen molar-refractivity contribution in [2.24, 2.45) is 10.4 Å². The monoisotopic (exact) mass is 339 g/mol. The number of nitrogens with zero attached hydrogens (tertiary/aromatic N) is 2. The third-order valence-electron chi connectivity index (χ3n) is 3.88. The van der Waals surface area contributed by atoms with E-state index in [1.807, 2.05) is 7.05 Å². The molecular weight excluding hydrogens is 313 g/mol. The van der Waals surface area contributed by atoms with E-state index >= 15 is 0 Å². The van der Waals surface area contributed by atoms with Crippen LogP contribution in [0.5, 0.6) is 0 Å². The van der Waals surface area contributed by atoms with Crippen molar-refractivity contribution in [3.05, 3.63) is 0 Å². The lowest BCUT2D eigenvalue weighted by molar-refractivity contribution is -0.0667. The highest BCUT2D eigenvalue weighted by molar-refractivity contribution is 14.0. The molecule has 1 N–H and O–H groups in total. The van der Waals surface area contributed by atoms with Crippen LogP contribution in [0.2, 0.25) is 0 Å². The lowest BCUT2D eigenvalue weighted by Gasteiger charge is -2.62. The Morgan fingerprint density at radius 1 is 1.31 bits per heavy atom. The normalized spacial score (nSPS) is 22.1. The average Bonchev–Trinajstić information content (AvgIpc) is 2.17. The highest BCUT2D eigenvalue weighted by Crippen LogP contribution is 2.46. The molecule has 0 aromatic heterocycles. The predicted octanol–water partition coefficient (Wildman–Crippen LogP) is 2.71. The van der Waals surface area contributed by atoms with Crippen LogP contribution in [0, 0.1) is 5.41 Å². The number of likely N-dealkylation sites (tertiary alicyclic amines) is 1. The van der Waals surface area contributed by atoms with E-state index in [-0.39, 0.29) is 29.5 Å². The molecule has 1 rings (SSSR count). The molecule has 0 aromatic carbocycles. The van der Waals surface area contributed by atoms with Gasteiger partial charge in [0, 0.05) is 31.1 Å². The second-order valence-electron chi connectivity index (χ2n) is 5.50. The van der Waals surface area contributed by atoms with Crippen LogP contribution in [0.15, 0.2) is 4.99 Å². The zero-order chi connectivity index (χ0) is 11.7. The zero-order valence-electron chi connectivity index (χ0n) is 11.4. The highest BCUT2D eigenvalue weighted by atomic mass is 127. The third-order valence-corrected chi connectivity index (χ3v) is 3.88. The van der Waals surface area contributed by atoms with Crippen LogP contribution in [0.25, 0.3) is 0 Å². The summed E-state index contributed by atoms with van der Waals surface area (Å²) < 4.78 is 0. The molecule has 1 fully saturated rings. The van der Waals surface area contributed by atoms with Gasteiger partial charge in [-0.2, -0.15) is 0 Å². The Balaban J connectivity index is 0.00000225. The second-order valence-corrected chi connectivity index (χ2v) is 5.50. The SMILES string of the molecule is CCCNC(=NC)N1CC(C)(C)C1(C)C.I. The molecule has 0 amide bonds. The summed E-state index contributed by atoms with van der Waals surface area (Å²) in [4.78, 5) is 6.70. The predicted molar refractivity (Wildman–Crippen MR) is 81.6 cm³/mol. The summed E-state index contributed by atoms with van der Waals surface area (Å²) in [6, 6.07) is 0. The minimum Gasteiger partial charge on any atom is -0.356 e. The summed E-state index contributed by atoms with van der Waals surface area (Å²) in [7, 11) is 1.86. The van der Waals surface area contributed by atoms with Crippen LogP contribution >= 0.6 is 24.0 Å². The first-order valence-corrected chi connectivity index (χ1v) is 5.85. The van der Waals surface area contributed by atoms with E-state index in [1.165, 1.54) is 0 Å². The maximum atomic E-state index is 4.34. The Labute approximate surface area is 117 Å². The summed E-state index contributed by atoms with van der Waals surface area (Å²) in [5, 5.41) is 3.39. The fraction of sp³-hybridized carbons (Fsp3) is 0.917. The molecule has 1 aliphatic rings. The Hall–Kier alpha value is 0. The van der Waals surface area contributed by atoms with Crippen LogP contribution in [-0.2, 0) is 0 Å². The van der Waals surface area contributed by atoms with Crippen molar-refractivity contribution in [1.82, 2.24) is 10.2 Å². The van der Waals surface area contributed by atoms with Crippen molar-refractivity contribution in [1.29, 1.82) is 0 Å². The lowest BCUT2D eigenvalue weighted by Crippen LogP contribution is -2.72. The Morgan fingerprint density at radius 2 is 1.88 bits per heavy atom. The molecule has 1 heterocycles. The second kappa shape index (κ2) is 5.56. The molecule has 16 heavy (non-hydrogen) atoms. The van der Waals surface area contributed by atoms with E-state index in [0.29, 0.717) is 5.41 Å². The molecule has 0 aliphatic carbocycles. The maximum Gasteiger partial charge on any atom is 0.194 e. The molecular formula is C12H26IN3. The van der Waals surface area contributed by atoms with E-state index < -0.39 is 0 Å². The van der Waals surface area contributed by atoms with Gasteiger partial charge in [0.05, 0.1) is 0 Å². The van der Waals surface area contributed by atoms with E-state index in [2.05, 4.69) is 49.8 Å². The van der Waals surface area contributed by atoms with E-state index in [1.54, 1.807) is 0 Å². The minimum atomic E-state index is 0. The number of hydrogen-bond acceptors (Lipinski definition) is 1. The summed E-state index contributed by atoms with van der Waals surface area (Å²) in [5.41, 5.74) is 0.569. The number of hydrogen-bond donors (Lipinski definition) is 1. The van der Waals surface area contributed by atoms with Crippen LogP contribution < -0.4 is 5.32 Å². The molecule has 1 aliphatic heterocycles. The van der Waals surface area contributed by atoms with Crippen molar-refractivity contribution < 1.29 is 0 Å². The number of guanidine groups is 1. The number of nitrogens with one attached hydrogen (secondary N) is 1. The molecule has 0 bridgehead atoms. The number of halogens is 1. The van der Waals surface area contributed by atoms with Gasteiger partial charge in [-0.15, -0.1) is 24.0 Å². The Kier molecular flexibility index (Phi) is 5.56. The molecule has 0 spiro atoms. The summed E-state index contributed by atoms with van der Waals surface area (Å²) >= 11 is 0. The van der Waals surface area contributed by atoms with Gasteiger partial charge in [0.15, 0.2) is 5.96 Å². The van der Waals surface area contributed by atoms with Gasteiger partial charge in [-0.05, 0) is 20.3 Å². The van der Waals surface area contributed by atoms with E-state index in [9.17, 15) is 0 Å². The molecule has 0 radical (unpaired) electrons.